The minimum atomic E-state index is -0.799. The SMILES string of the molecule is CN1CCC(N(C)C=O)CC1.Cc1ccc(Nc2nc3c(N4CCC(c5ccc(C)cc5)(C(O)CO)CC4)cccn3n2)cc1. The molecule has 4 heterocycles. The third-order valence-electron chi connectivity index (χ3n) is 9.51. The van der Waals surface area contributed by atoms with Crippen molar-refractivity contribution in [1.82, 2.24) is 24.4 Å². The summed E-state index contributed by atoms with van der Waals surface area (Å²) in [6.07, 6.45) is 5.74. The van der Waals surface area contributed by atoms with Crippen LogP contribution in [0.15, 0.2) is 66.9 Å². The van der Waals surface area contributed by atoms with Crippen molar-refractivity contribution in [3.8, 4) is 0 Å². The molecule has 6 rings (SSSR count). The molecule has 1 amide bonds. The summed E-state index contributed by atoms with van der Waals surface area (Å²) >= 11 is 0. The van der Waals surface area contributed by atoms with E-state index in [1.54, 1.807) is 9.42 Å². The molecule has 0 saturated carbocycles. The lowest BCUT2D eigenvalue weighted by Gasteiger charge is -2.45. The maximum atomic E-state index is 10.8. The highest BCUT2D eigenvalue weighted by Gasteiger charge is 2.42. The molecule has 3 N–H and O–H groups in total. The quantitative estimate of drug-likeness (QED) is 0.255. The Hall–Kier alpha value is -3.99. The molecule has 1 atom stereocenters. The molecule has 0 bridgehead atoms. The van der Waals surface area contributed by atoms with Gasteiger partial charge in [0.25, 0.3) is 0 Å². The van der Waals surface area contributed by atoms with Crippen LogP contribution in [0, 0.1) is 13.8 Å². The number of hydrogen-bond donors (Lipinski definition) is 3. The molecular formula is C35H47N7O3. The normalized spacial score (nSPS) is 17.8. The van der Waals surface area contributed by atoms with Gasteiger partial charge < -0.3 is 30.2 Å². The van der Waals surface area contributed by atoms with Gasteiger partial charge in [-0.1, -0.05) is 47.5 Å². The fourth-order valence-electron chi connectivity index (χ4n) is 6.47. The third kappa shape index (κ3) is 7.46. The van der Waals surface area contributed by atoms with Crippen LogP contribution < -0.4 is 10.2 Å². The highest BCUT2D eigenvalue weighted by molar-refractivity contribution is 5.71. The maximum absolute atomic E-state index is 10.8. The standard InChI is InChI=1S/C27H31N5O2.C8H16N2O/c1-19-5-9-21(10-6-19)27(24(34)18-33)13-16-31(17-14-27)23-4-3-15-32-25(23)29-26(30-32)28-22-11-7-20(2)8-12-22;1-9-5-3-8(4-6-9)10(2)7-11/h3-12,15,24,33-34H,13-14,16-18H2,1-2H3,(H,28,30);7-8H,3-6H2,1-2H3. The second kappa shape index (κ2) is 14.4. The van der Waals surface area contributed by atoms with Crippen LogP contribution in [0.4, 0.5) is 17.3 Å². The smallest absolute Gasteiger partial charge is 0.247 e. The second-order valence-corrected chi connectivity index (χ2v) is 12.6. The molecule has 2 aromatic heterocycles. The number of nitrogens with zero attached hydrogens (tertiary/aromatic N) is 6. The van der Waals surface area contributed by atoms with Crippen LogP contribution >= 0.6 is 0 Å². The molecule has 2 fully saturated rings. The van der Waals surface area contributed by atoms with E-state index in [2.05, 4.69) is 83.6 Å². The van der Waals surface area contributed by atoms with Crippen molar-refractivity contribution < 1.29 is 15.0 Å². The summed E-state index contributed by atoms with van der Waals surface area (Å²) in [4.78, 5) is 21.6. The van der Waals surface area contributed by atoms with Crippen LogP contribution in [-0.4, -0.2) is 100 Å². The lowest BCUT2D eigenvalue weighted by atomic mass is 9.68. The molecule has 240 valence electrons. The van der Waals surface area contributed by atoms with Gasteiger partial charge in [0.15, 0.2) is 5.65 Å². The molecule has 2 aromatic carbocycles. The van der Waals surface area contributed by atoms with Gasteiger partial charge in [-0.25, -0.2) is 4.52 Å². The molecule has 1 unspecified atom stereocenters. The monoisotopic (exact) mass is 613 g/mol. The van der Waals surface area contributed by atoms with Crippen molar-refractivity contribution in [1.29, 1.82) is 0 Å². The summed E-state index contributed by atoms with van der Waals surface area (Å²) in [6.45, 7) is 7.59. The zero-order valence-corrected chi connectivity index (χ0v) is 26.9. The zero-order valence-electron chi connectivity index (χ0n) is 26.9. The Kier molecular flexibility index (Phi) is 10.4. The number of piperidine rings is 2. The zero-order chi connectivity index (χ0) is 32.0. The molecule has 2 aliphatic rings. The summed E-state index contributed by atoms with van der Waals surface area (Å²) in [5.74, 6) is 0.554. The Morgan fingerprint density at radius 1 is 1.00 bits per heavy atom. The average Bonchev–Trinajstić information content (AvgIpc) is 3.49. The van der Waals surface area contributed by atoms with Crippen LogP contribution in [0.3, 0.4) is 0 Å². The Labute approximate surface area is 266 Å². The second-order valence-electron chi connectivity index (χ2n) is 12.6. The van der Waals surface area contributed by atoms with Gasteiger partial charge in [-0.15, -0.1) is 5.10 Å². The number of aliphatic hydroxyl groups is 2. The summed E-state index contributed by atoms with van der Waals surface area (Å²) in [5.41, 5.74) is 5.77. The molecule has 10 heteroatoms. The van der Waals surface area contributed by atoms with Crippen molar-refractivity contribution in [2.75, 3.05) is 57.1 Å². The maximum Gasteiger partial charge on any atom is 0.247 e. The van der Waals surface area contributed by atoms with Gasteiger partial charge in [0.05, 0.1) is 18.4 Å². The Bertz CT molecular complexity index is 1520. The van der Waals surface area contributed by atoms with Gasteiger partial charge in [-0.05, 0) is 89.5 Å². The van der Waals surface area contributed by atoms with E-state index in [1.165, 1.54) is 11.1 Å². The van der Waals surface area contributed by atoms with E-state index in [9.17, 15) is 15.0 Å². The van der Waals surface area contributed by atoms with E-state index < -0.39 is 11.5 Å². The molecule has 4 aromatic rings. The predicted octanol–water partition coefficient (Wildman–Crippen LogP) is 4.15. The van der Waals surface area contributed by atoms with Gasteiger partial charge in [0.1, 0.15) is 0 Å². The molecule has 0 aliphatic carbocycles. The number of fused-ring (bicyclic) bond motifs is 1. The number of amides is 1. The van der Waals surface area contributed by atoms with Crippen LogP contribution in [0.25, 0.3) is 5.65 Å². The molecule has 2 saturated heterocycles. The third-order valence-corrected chi connectivity index (χ3v) is 9.51. The number of aromatic nitrogens is 3. The number of pyridine rings is 1. The van der Waals surface area contributed by atoms with Crippen molar-refractivity contribution in [3.05, 3.63) is 83.6 Å². The van der Waals surface area contributed by atoms with Gasteiger partial charge in [-0.3, -0.25) is 4.79 Å². The van der Waals surface area contributed by atoms with Gasteiger partial charge >= 0.3 is 0 Å². The summed E-state index contributed by atoms with van der Waals surface area (Å²) in [5, 5.41) is 28.6. The molecule has 2 aliphatic heterocycles. The van der Waals surface area contributed by atoms with Crippen molar-refractivity contribution in [2.24, 2.45) is 0 Å². The highest BCUT2D eigenvalue weighted by atomic mass is 16.3. The Morgan fingerprint density at radius 3 is 2.22 bits per heavy atom. The van der Waals surface area contributed by atoms with E-state index in [1.807, 2.05) is 31.4 Å². The van der Waals surface area contributed by atoms with E-state index >= 15 is 0 Å². The number of carbonyl (C=O) groups excluding carboxylic acids is 1. The van der Waals surface area contributed by atoms with Crippen LogP contribution in [-0.2, 0) is 10.2 Å². The summed E-state index contributed by atoms with van der Waals surface area (Å²) < 4.78 is 1.80. The van der Waals surface area contributed by atoms with E-state index in [-0.39, 0.29) is 6.61 Å². The van der Waals surface area contributed by atoms with Gasteiger partial charge in [-0.2, -0.15) is 4.98 Å². The first-order valence-corrected chi connectivity index (χ1v) is 15.9. The highest BCUT2D eigenvalue weighted by Crippen LogP contribution is 2.40. The van der Waals surface area contributed by atoms with E-state index in [4.69, 9.17) is 4.98 Å². The van der Waals surface area contributed by atoms with Crippen LogP contribution in [0.2, 0.25) is 0 Å². The number of aryl methyl sites for hydroxylation is 2. The van der Waals surface area contributed by atoms with Gasteiger partial charge in [0, 0.05) is 43.5 Å². The number of aliphatic hydroxyl groups excluding tert-OH is 2. The summed E-state index contributed by atoms with van der Waals surface area (Å²) in [6, 6.07) is 21.0. The number of rotatable bonds is 8. The Balaban J connectivity index is 0.000000309. The first-order valence-electron chi connectivity index (χ1n) is 15.9. The summed E-state index contributed by atoms with van der Waals surface area (Å²) in [7, 11) is 3.99. The predicted molar refractivity (Wildman–Crippen MR) is 179 cm³/mol. The molecule has 10 nitrogen and oxygen atoms in total. The topological polar surface area (TPSA) is 109 Å². The van der Waals surface area contributed by atoms with E-state index in [0.29, 0.717) is 12.0 Å². The lowest BCUT2D eigenvalue weighted by Crippen LogP contribution is -2.50. The first kappa shape index (κ1) is 32.4. The molecule has 0 spiro atoms. The Morgan fingerprint density at radius 2 is 1.62 bits per heavy atom. The largest absolute Gasteiger partial charge is 0.394 e. The van der Waals surface area contributed by atoms with Gasteiger partial charge in [0.2, 0.25) is 12.4 Å². The van der Waals surface area contributed by atoms with E-state index in [0.717, 1.165) is 80.9 Å². The van der Waals surface area contributed by atoms with Crippen molar-refractivity contribution in [2.45, 2.75) is 57.1 Å². The number of likely N-dealkylation sites (tertiary alicyclic amines) is 1. The van der Waals surface area contributed by atoms with Crippen molar-refractivity contribution >= 4 is 29.4 Å². The van der Waals surface area contributed by atoms with Crippen molar-refractivity contribution in [3.63, 3.8) is 0 Å². The number of carbonyl (C=O) groups is 1. The average molecular weight is 614 g/mol. The minimum Gasteiger partial charge on any atom is -0.394 e. The fourth-order valence-corrected chi connectivity index (χ4v) is 6.47. The number of nitrogens with one attached hydrogen (secondary N) is 1. The lowest BCUT2D eigenvalue weighted by molar-refractivity contribution is -0.119. The number of hydrogen-bond acceptors (Lipinski definition) is 8. The fraction of sp³-hybridized carbons (Fsp3) is 0.457. The number of benzene rings is 2. The molecule has 0 radical (unpaired) electrons. The number of anilines is 3. The molecule has 45 heavy (non-hydrogen) atoms. The molecular weight excluding hydrogens is 566 g/mol. The van der Waals surface area contributed by atoms with Crippen LogP contribution in [0.5, 0.6) is 0 Å². The van der Waals surface area contributed by atoms with Crippen LogP contribution in [0.1, 0.15) is 42.4 Å². The minimum absolute atomic E-state index is 0.248. The first-order chi connectivity index (χ1) is 21.7.